The van der Waals surface area contributed by atoms with Crippen molar-refractivity contribution in [2.45, 2.75) is 84.7 Å². The molecule has 2 nitrogen and oxygen atoms in total. The molecular formula is C16H30N2. The first-order chi connectivity index (χ1) is 8.12. The third-order valence-corrected chi connectivity index (χ3v) is 3.20. The molecule has 0 saturated heterocycles. The van der Waals surface area contributed by atoms with E-state index in [-0.39, 0.29) is 16.5 Å². The first-order valence-electron chi connectivity index (χ1n) is 7.25. The van der Waals surface area contributed by atoms with Gasteiger partial charge in [0.2, 0.25) is 0 Å². The standard InChI is InChI=1S/C16H30N2/c1-14(2,3)17-12-16(10-8-7-9-11-16)13-18-15(4,5)6/h12-13H,7-11H2,1-6H3. The fourth-order valence-electron chi connectivity index (χ4n) is 2.15. The Labute approximate surface area is 113 Å². The minimum atomic E-state index is 0.0139. The van der Waals surface area contributed by atoms with Gasteiger partial charge in [0, 0.05) is 17.8 Å². The smallest absolute Gasteiger partial charge is 0.0520 e. The van der Waals surface area contributed by atoms with Crippen LogP contribution in [0.25, 0.3) is 0 Å². The van der Waals surface area contributed by atoms with Crippen LogP contribution in [0.1, 0.15) is 73.6 Å². The third kappa shape index (κ3) is 5.79. The van der Waals surface area contributed by atoms with E-state index < -0.39 is 0 Å². The molecule has 0 heterocycles. The summed E-state index contributed by atoms with van der Waals surface area (Å²) in [7, 11) is 0. The minimum Gasteiger partial charge on any atom is -0.291 e. The summed E-state index contributed by atoms with van der Waals surface area (Å²) in [4.78, 5) is 9.47. The van der Waals surface area contributed by atoms with Crippen LogP contribution < -0.4 is 0 Å². The van der Waals surface area contributed by atoms with Crippen molar-refractivity contribution >= 4 is 12.4 Å². The van der Waals surface area contributed by atoms with Gasteiger partial charge in [-0.25, -0.2) is 0 Å². The molecule has 0 N–H and O–H groups in total. The van der Waals surface area contributed by atoms with Gasteiger partial charge >= 0.3 is 0 Å². The van der Waals surface area contributed by atoms with Crippen LogP contribution in [0.15, 0.2) is 9.98 Å². The van der Waals surface area contributed by atoms with Crippen LogP contribution in [0, 0.1) is 5.41 Å². The Hall–Kier alpha value is -0.660. The molecule has 1 aliphatic carbocycles. The summed E-state index contributed by atoms with van der Waals surface area (Å²) in [5.74, 6) is 0. The molecule has 0 aromatic heterocycles. The van der Waals surface area contributed by atoms with Crippen LogP contribution in [-0.4, -0.2) is 23.5 Å². The van der Waals surface area contributed by atoms with Gasteiger partial charge in [0.1, 0.15) is 0 Å². The maximum absolute atomic E-state index is 4.74. The highest BCUT2D eigenvalue weighted by atomic mass is 14.9. The highest BCUT2D eigenvalue weighted by Gasteiger charge is 2.29. The number of nitrogens with zero attached hydrogens (tertiary/aromatic N) is 2. The lowest BCUT2D eigenvalue weighted by molar-refractivity contribution is 0.381. The van der Waals surface area contributed by atoms with Gasteiger partial charge in [-0.05, 0) is 54.4 Å². The van der Waals surface area contributed by atoms with E-state index in [0.29, 0.717) is 0 Å². The highest BCUT2D eigenvalue weighted by molar-refractivity contribution is 5.89. The average Bonchev–Trinajstić information content (AvgIpc) is 2.24. The van der Waals surface area contributed by atoms with Crippen molar-refractivity contribution in [3.63, 3.8) is 0 Å². The van der Waals surface area contributed by atoms with E-state index in [2.05, 4.69) is 54.0 Å². The summed E-state index contributed by atoms with van der Waals surface area (Å²) >= 11 is 0. The number of rotatable bonds is 2. The van der Waals surface area contributed by atoms with E-state index in [0.717, 1.165) is 0 Å². The second-order valence-corrected chi connectivity index (χ2v) is 7.65. The van der Waals surface area contributed by atoms with Crippen molar-refractivity contribution in [3.05, 3.63) is 0 Å². The monoisotopic (exact) mass is 250 g/mol. The van der Waals surface area contributed by atoms with Crippen molar-refractivity contribution < 1.29 is 0 Å². The van der Waals surface area contributed by atoms with Crippen LogP contribution in [-0.2, 0) is 0 Å². The molecule has 104 valence electrons. The molecule has 0 aliphatic heterocycles. The minimum absolute atomic E-state index is 0.0139. The number of hydrogen-bond acceptors (Lipinski definition) is 2. The Morgan fingerprint density at radius 3 is 1.44 bits per heavy atom. The topological polar surface area (TPSA) is 24.7 Å². The van der Waals surface area contributed by atoms with Gasteiger partial charge in [0.15, 0.2) is 0 Å². The highest BCUT2D eigenvalue weighted by Crippen LogP contribution is 2.34. The Kier molecular flexibility index (Phi) is 4.74. The van der Waals surface area contributed by atoms with E-state index in [1.807, 2.05) is 0 Å². The SMILES string of the molecule is CC(C)(C)N=CC1(C=NC(C)(C)C)CCCCC1. The zero-order valence-electron chi connectivity index (χ0n) is 13.1. The molecule has 0 aromatic rings. The molecule has 2 heteroatoms. The third-order valence-electron chi connectivity index (χ3n) is 3.20. The zero-order chi connectivity index (χ0) is 13.9. The van der Waals surface area contributed by atoms with Crippen LogP contribution in [0.4, 0.5) is 0 Å². The molecule has 0 aromatic carbocycles. The lowest BCUT2D eigenvalue weighted by Crippen LogP contribution is -2.30. The van der Waals surface area contributed by atoms with Crippen LogP contribution in [0.5, 0.6) is 0 Å². The normalized spacial score (nSPS) is 21.9. The van der Waals surface area contributed by atoms with Crippen LogP contribution >= 0.6 is 0 Å². The van der Waals surface area contributed by atoms with Crippen molar-refractivity contribution in [1.29, 1.82) is 0 Å². The Morgan fingerprint density at radius 1 is 0.722 bits per heavy atom. The molecule has 18 heavy (non-hydrogen) atoms. The predicted molar refractivity (Wildman–Crippen MR) is 82.0 cm³/mol. The van der Waals surface area contributed by atoms with Gasteiger partial charge in [0.25, 0.3) is 0 Å². The second-order valence-electron chi connectivity index (χ2n) is 7.65. The fraction of sp³-hybridized carbons (Fsp3) is 0.875. The first-order valence-corrected chi connectivity index (χ1v) is 7.25. The van der Waals surface area contributed by atoms with Gasteiger partial charge in [0.05, 0.1) is 11.1 Å². The Bertz CT molecular complexity index is 281. The Morgan fingerprint density at radius 2 is 1.11 bits per heavy atom. The van der Waals surface area contributed by atoms with E-state index in [9.17, 15) is 0 Å². The van der Waals surface area contributed by atoms with Gasteiger partial charge in [-0.3, -0.25) is 9.98 Å². The van der Waals surface area contributed by atoms with Crippen molar-refractivity contribution in [2.24, 2.45) is 15.4 Å². The van der Waals surface area contributed by atoms with E-state index in [4.69, 9.17) is 9.98 Å². The molecule has 0 radical (unpaired) electrons. The Balaban J connectivity index is 2.89. The zero-order valence-corrected chi connectivity index (χ0v) is 13.1. The molecule has 1 fully saturated rings. The second kappa shape index (κ2) is 5.54. The van der Waals surface area contributed by atoms with Gasteiger partial charge in [-0.2, -0.15) is 0 Å². The summed E-state index contributed by atoms with van der Waals surface area (Å²) in [5.41, 5.74) is 0.138. The molecular weight excluding hydrogens is 220 g/mol. The molecule has 0 bridgehead atoms. The number of hydrogen-bond donors (Lipinski definition) is 0. The fourth-order valence-corrected chi connectivity index (χ4v) is 2.15. The largest absolute Gasteiger partial charge is 0.291 e. The summed E-state index contributed by atoms with van der Waals surface area (Å²) in [6.07, 6.45) is 10.7. The molecule has 0 unspecified atom stereocenters. The lowest BCUT2D eigenvalue weighted by Gasteiger charge is -2.32. The van der Waals surface area contributed by atoms with E-state index in [1.165, 1.54) is 32.1 Å². The maximum atomic E-state index is 4.74. The molecule has 0 spiro atoms. The molecule has 1 saturated carbocycles. The first kappa shape index (κ1) is 15.4. The molecule has 0 atom stereocenters. The van der Waals surface area contributed by atoms with Crippen LogP contribution in [0.2, 0.25) is 0 Å². The van der Waals surface area contributed by atoms with Gasteiger partial charge in [-0.15, -0.1) is 0 Å². The number of aliphatic imine (C=N–C) groups is 2. The van der Waals surface area contributed by atoms with Gasteiger partial charge < -0.3 is 0 Å². The summed E-state index contributed by atoms with van der Waals surface area (Å²) < 4.78 is 0. The van der Waals surface area contributed by atoms with E-state index in [1.54, 1.807) is 0 Å². The predicted octanol–water partition coefficient (Wildman–Crippen LogP) is 4.68. The average molecular weight is 250 g/mol. The molecule has 1 aliphatic rings. The summed E-state index contributed by atoms with van der Waals surface area (Å²) in [5, 5.41) is 0. The quantitative estimate of drug-likeness (QED) is 0.636. The molecule has 1 rings (SSSR count). The van der Waals surface area contributed by atoms with Crippen molar-refractivity contribution in [1.82, 2.24) is 0 Å². The van der Waals surface area contributed by atoms with E-state index >= 15 is 0 Å². The molecule has 0 amide bonds. The summed E-state index contributed by atoms with van der Waals surface area (Å²) in [6, 6.07) is 0. The van der Waals surface area contributed by atoms with Crippen molar-refractivity contribution in [3.8, 4) is 0 Å². The van der Waals surface area contributed by atoms with Crippen LogP contribution in [0.3, 0.4) is 0 Å². The summed E-state index contributed by atoms with van der Waals surface area (Å²) in [6.45, 7) is 12.9. The lowest BCUT2D eigenvalue weighted by atomic mass is 9.75. The maximum Gasteiger partial charge on any atom is 0.0520 e. The van der Waals surface area contributed by atoms with Gasteiger partial charge in [-0.1, -0.05) is 19.3 Å². The van der Waals surface area contributed by atoms with Crippen molar-refractivity contribution in [2.75, 3.05) is 0 Å².